The predicted molar refractivity (Wildman–Crippen MR) is 157 cm³/mol. The van der Waals surface area contributed by atoms with Gasteiger partial charge in [0.15, 0.2) is 17.9 Å². The van der Waals surface area contributed by atoms with Gasteiger partial charge in [0.1, 0.15) is 11.9 Å². The van der Waals surface area contributed by atoms with E-state index in [1.54, 1.807) is 18.2 Å². The average molecular weight is 655 g/mol. The summed E-state index contributed by atoms with van der Waals surface area (Å²) >= 11 is 0. The van der Waals surface area contributed by atoms with Crippen LogP contribution in [-0.2, 0) is 26.7 Å². The molecule has 4 nitrogen and oxygen atoms in total. The van der Waals surface area contributed by atoms with Crippen molar-refractivity contribution in [3.8, 4) is 16.9 Å². The van der Waals surface area contributed by atoms with E-state index in [0.717, 1.165) is 74.6 Å². The molecule has 3 aromatic carbocycles. The molecule has 0 amide bonds. The van der Waals surface area contributed by atoms with Gasteiger partial charge >= 0.3 is 12.5 Å². The Hall–Kier alpha value is -3.15. The summed E-state index contributed by atoms with van der Waals surface area (Å²) in [6, 6.07) is 13.6. The zero-order valence-corrected chi connectivity index (χ0v) is 25.4. The van der Waals surface area contributed by atoms with Gasteiger partial charge in [-0.05, 0) is 79.3 Å². The van der Waals surface area contributed by atoms with E-state index in [1.807, 2.05) is 0 Å². The van der Waals surface area contributed by atoms with Gasteiger partial charge in [0.05, 0.1) is 18.8 Å². The molecule has 0 unspecified atom stereocenters. The largest absolute Gasteiger partial charge is 0.573 e. The molecule has 5 rings (SSSR count). The Bertz CT molecular complexity index is 1430. The van der Waals surface area contributed by atoms with Gasteiger partial charge in [-0.15, -0.1) is 13.2 Å². The molecule has 0 spiro atoms. The fourth-order valence-electron chi connectivity index (χ4n) is 6.18. The molecule has 2 fully saturated rings. The first-order valence-electron chi connectivity index (χ1n) is 15.6. The number of rotatable bonds is 11. The summed E-state index contributed by atoms with van der Waals surface area (Å²) in [5.74, 6) is -2.76. The molecule has 46 heavy (non-hydrogen) atoms. The Morgan fingerprint density at radius 3 is 2.09 bits per heavy atom. The van der Waals surface area contributed by atoms with Crippen LogP contribution in [0.4, 0.5) is 30.7 Å². The number of aryl methyl sites for hydroxylation is 1. The number of benzene rings is 3. The van der Waals surface area contributed by atoms with Crippen LogP contribution in [0.25, 0.3) is 11.1 Å². The minimum atomic E-state index is -5.04. The van der Waals surface area contributed by atoms with Crippen molar-refractivity contribution in [2.45, 2.75) is 89.1 Å². The lowest BCUT2D eigenvalue weighted by atomic mass is 9.78. The van der Waals surface area contributed by atoms with Crippen LogP contribution >= 0.6 is 0 Å². The summed E-state index contributed by atoms with van der Waals surface area (Å²) in [4.78, 5) is 0. The topological polar surface area (TPSA) is 36.9 Å². The van der Waals surface area contributed by atoms with Gasteiger partial charge in [0.25, 0.3) is 0 Å². The van der Waals surface area contributed by atoms with Crippen molar-refractivity contribution in [3.05, 3.63) is 89.0 Å². The maximum absolute atomic E-state index is 15.1. The predicted octanol–water partition coefficient (Wildman–Crippen LogP) is 10.0. The van der Waals surface area contributed by atoms with Gasteiger partial charge in [0.2, 0.25) is 0 Å². The molecule has 1 heterocycles. The summed E-state index contributed by atoms with van der Waals surface area (Å²) in [7, 11) is 0. The summed E-state index contributed by atoms with van der Waals surface area (Å²) < 4.78 is 117. The minimum absolute atomic E-state index is 0.0220. The molecule has 0 radical (unpaired) electrons. The quantitative estimate of drug-likeness (QED) is 0.152. The van der Waals surface area contributed by atoms with E-state index in [2.05, 4.69) is 11.7 Å². The van der Waals surface area contributed by atoms with Crippen LogP contribution in [0.3, 0.4) is 0 Å². The highest BCUT2D eigenvalue weighted by molar-refractivity contribution is 5.65. The second-order valence-electron chi connectivity index (χ2n) is 12.0. The third-order valence-corrected chi connectivity index (χ3v) is 8.66. The highest BCUT2D eigenvalue weighted by Gasteiger charge is 2.40. The Morgan fingerprint density at radius 1 is 0.783 bits per heavy atom. The molecule has 1 aliphatic heterocycles. The van der Waals surface area contributed by atoms with E-state index < -0.39 is 42.2 Å². The van der Waals surface area contributed by atoms with Crippen molar-refractivity contribution in [1.82, 2.24) is 0 Å². The summed E-state index contributed by atoms with van der Waals surface area (Å²) in [6.45, 7) is 2.07. The maximum atomic E-state index is 15.1. The third-order valence-electron chi connectivity index (χ3n) is 8.66. The smallest absolute Gasteiger partial charge is 0.403 e. The number of halogens is 7. The van der Waals surface area contributed by atoms with Crippen LogP contribution in [0, 0.1) is 17.6 Å². The molecule has 0 N–H and O–H groups in total. The van der Waals surface area contributed by atoms with Crippen LogP contribution in [0.2, 0.25) is 0 Å². The first-order chi connectivity index (χ1) is 21.9. The fraction of sp³-hybridized carbons (Fsp3) is 0.486. The van der Waals surface area contributed by atoms with E-state index in [-0.39, 0.29) is 41.7 Å². The number of ether oxygens (including phenoxy) is 4. The second kappa shape index (κ2) is 14.7. The molecule has 0 aromatic heterocycles. The second-order valence-corrected chi connectivity index (χ2v) is 12.0. The molecule has 11 heteroatoms. The summed E-state index contributed by atoms with van der Waals surface area (Å²) in [5, 5.41) is 0. The number of unbranched alkanes of at least 4 members (excludes halogenated alkanes) is 2. The molecule has 1 saturated heterocycles. The van der Waals surface area contributed by atoms with Gasteiger partial charge < -0.3 is 18.9 Å². The first kappa shape index (κ1) is 34.2. The zero-order valence-electron chi connectivity index (χ0n) is 25.4. The number of hydrogen-bond acceptors (Lipinski definition) is 4. The van der Waals surface area contributed by atoms with Crippen LogP contribution in [0.15, 0.2) is 60.7 Å². The van der Waals surface area contributed by atoms with Crippen LogP contribution in [0.1, 0.15) is 74.5 Å². The Kier molecular flexibility index (Phi) is 11.0. The van der Waals surface area contributed by atoms with Crippen molar-refractivity contribution in [2.75, 3.05) is 13.2 Å². The normalized spacial score (nSPS) is 22.5. The van der Waals surface area contributed by atoms with Gasteiger partial charge in [-0.2, -0.15) is 8.78 Å². The number of hydrogen-bond donors (Lipinski definition) is 0. The van der Waals surface area contributed by atoms with E-state index in [1.165, 1.54) is 30.3 Å². The van der Waals surface area contributed by atoms with Crippen molar-refractivity contribution < 1.29 is 49.7 Å². The van der Waals surface area contributed by atoms with E-state index >= 15 is 4.39 Å². The SMILES string of the molecule is CCCCCc1ccc(C(F)(F)OC2COC(C3CCC(c4ccc(-c5ccc(OC(F)(F)F)c(F)c5)c(F)c4)CC3)OC2)cc1. The molecule has 250 valence electrons. The lowest BCUT2D eigenvalue weighted by Gasteiger charge is -2.38. The van der Waals surface area contributed by atoms with Gasteiger partial charge in [-0.25, -0.2) is 8.78 Å². The van der Waals surface area contributed by atoms with Crippen molar-refractivity contribution >= 4 is 0 Å². The number of alkyl halides is 5. The average Bonchev–Trinajstić information content (AvgIpc) is 3.02. The van der Waals surface area contributed by atoms with E-state index in [9.17, 15) is 26.3 Å². The molecule has 0 atom stereocenters. The van der Waals surface area contributed by atoms with Gasteiger partial charge in [-0.3, -0.25) is 0 Å². The van der Waals surface area contributed by atoms with E-state index in [4.69, 9.17) is 14.2 Å². The zero-order chi connectivity index (χ0) is 32.9. The fourth-order valence-corrected chi connectivity index (χ4v) is 6.18. The Morgan fingerprint density at radius 2 is 1.48 bits per heavy atom. The molecule has 2 aliphatic rings. The molecule has 1 saturated carbocycles. The minimum Gasteiger partial charge on any atom is -0.403 e. The Balaban J connectivity index is 1.09. The molecular weight excluding hydrogens is 617 g/mol. The first-order valence-corrected chi connectivity index (χ1v) is 15.6. The Labute approximate surface area is 263 Å². The summed E-state index contributed by atoms with van der Waals surface area (Å²) in [6.07, 6.45) is -3.05. The van der Waals surface area contributed by atoms with Crippen LogP contribution in [0.5, 0.6) is 5.75 Å². The molecular formula is C35H37F7O4. The van der Waals surface area contributed by atoms with Gasteiger partial charge in [0, 0.05) is 11.5 Å². The van der Waals surface area contributed by atoms with Crippen LogP contribution < -0.4 is 4.74 Å². The standard InChI is InChI=1S/C35H37F7O4/c1-2-3-4-5-22-6-14-27(15-7-22)34(38,39)45-28-20-43-33(44-21-28)24-10-8-23(9-11-24)25-12-16-29(30(36)18-25)26-13-17-32(31(37)19-26)46-35(40,41)42/h6-7,12-19,23-24,28,33H,2-5,8-11,20-21H2,1H3. The van der Waals surface area contributed by atoms with Crippen molar-refractivity contribution in [1.29, 1.82) is 0 Å². The lowest BCUT2D eigenvalue weighted by molar-refractivity contribution is -0.325. The van der Waals surface area contributed by atoms with Crippen molar-refractivity contribution in [3.63, 3.8) is 0 Å². The monoisotopic (exact) mass is 654 g/mol. The summed E-state index contributed by atoms with van der Waals surface area (Å²) in [5.41, 5.74) is 1.70. The highest BCUT2D eigenvalue weighted by Crippen LogP contribution is 2.41. The third kappa shape index (κ3) is 8.80. The lowest BCUT2D eigenvalue weighted by Crippen LogP contribution is -2.43. The highest BCUT2D eigenvalue weighted by atomic mass is 19.4. The van der Waals surface area contributed by atoms with Gasteiger partial charge in [-0.1, -0.05) is 62.2 Å². The van der Waals surface area contributed by atoms with E-state index in [0.29, 0.717) is 0 Å². The maximum Gasteiger partial charge on any atom is 0.573 e. The van der Waals surface area contributed by atoms with Crippen molar-refractivity contribution in [2.24, 2.45) is 5.92 Å². The molecule has 3 aromatic rings. The van der Waals surface area contributed by atoms with Crippen LogP contribution in [-0.4, -0.2) is 32.0 Å². The molecule has 0 bridgehead atoms. The molecule has 1 aliphatic carbocycles.